The van der Waals surface area contributed by atoms with Crippen LogP contribution in [0.4, 0.5) is 0 Å². The van der Waals surface area contributed by atoms with Crippen LogP contribution in [0.3, 0.4) is 0 Å². The average Bonchev–Trinajstić information content (AvgIpc) is 2.63. The van der Waals surface area contributed by atoms with Gasteiger partial charge in [-0.05, 0) is 25.1 Å². The summed E-state index contributed by atoms with van der Waals surface area (Å²) in [5, 5.41) is 3.35. The van der Waals surface area contributed by atoms with Crippen LogP contribution in [0.25, 0.3) is 0 Å². The van der Waals surface area contributed by atoms with Crippen LogP contribution in [0.15, 0.2) is 48.8 Å². The second-order valence-corrected chi connectivity index (χ2v) is 5.32. The maximum atomic E-state index is 6.29. The highest BCUT2D eigenvalue weighted by Crippen LogP contribution is 2.33. The lowest BCUT2D eigenvalue weighted by Gasteiger charge is -2.31. The van der Waals surface area contributed by atoms with Crippen LogP contribution in [0.1, 0.15) is 18.6 Å². The van der Waals surface area contributed by atoms with Gasteiger partial charge in [-0.2, -0.15) is 0 Å². The number of aromatic nitrogens is 1. The van der Waals surface area contributed by atoms with Crippen molar-refractivity contribution in [2.45, 2.75) is 19.1 Å². The molecule has 1 aromatic carbocycles. The van der Waals surface area contributed by atoms with Crippen molar-refractivity contribution >= 4 is 0 Å². The summed E-state index contributed by atoms with van der Waals surface area (Å²) in [6.07, 6.45) is 3.28. The van der Waals surface area contributed by atoms with Gasteiger partial charge in [-0.25, -0.2) is 0 Å². The number of hydrogen-bond donors (Lipinski definition) is 1. The lowest BCUT2D eigenvalue weighted by molar-refractivity contribution is -0.0440. The van der Waals surface area contributed by atoms with Crippen molar-refractivity contribution in [3.05, 3.63) is 54.4 Å². The van der Waals surface area contributed by atoms with Crippen LogP contribution in [-0.4, -0.2) is 37.4 Å². The molecule has 2 atom stereocenters. The number of morpholine rings is 1. The van der Waals surface area contributed by atoms with Crippen LogP contribution < -0.4 is 14.8 Å². The molecule has 1 saturated heterocycles. The van der Waals surface area contributed by atoms with Gasteiger partial charge in [0.2, 0.25) is 0 Å². The molecule has 0 aliphatic carbocycles. The van der Waals surface area contributed by atoms with Crippen molar-refractivity contribution in [2.75, 3.05) is 26.3 Å². The first-order valence-corrected chi connectivity index (χ1v) is 7.99. The molecule has 1 N–H and O–H groups in total. The van der Waals surface area contributed by atoms with E-state index in [4.69, 9.17) is 14.2 Å². The number of nitrogens with one attached hydrogen (secondary N) is 1. The quantitative estimate of drug-likeness (QED) is 0.888. The molecule has 5 heteroatoms. The lowest BCUT2D eigenvalue weighted by Crippen LogP contribution is -2.43. The van der Waals surface area contributed by atoms with Crippen LogP contribution in [-0.2, 0) is 4.74 Å². The highest BCUT2D eigenvalue weighted by Gasteiger charge is 2.28. The molecule has 2 heterocycles. The predicted octanol–water partition coefficient (Wildman–Crippen LogP) is 2.59. The van der Waals surface area contributed by atoms with E-state index in [1.807, 2.05) is 49.5 Å². The molecule has 2 unspecified atom stereocenters. The summed E-state index contributed by atoms with van der Waals surface area (Å²) in [7, 11) is 0. The van der Waals surface area contributed by atoms with Crippen molar-refractivity contribution in [3.8, 4) is 11.5 Å². The van der Waals surface area contributed by atoms with Gasteiger partial charge in [0.1, 0.15) is 6.10 Å². The summed E-state index contributed by atoms with van der Waals surface area (Å²) in [5.74, 6) is 1.46. The fourth-order valence-electron chi connectivity index (χ4n) is 2.64. The van der Waals surface area contributed by atoms with Crippen LogP contribution >= 0.6 is 0 Å². The van der Waals surface area contributed by atoms with Gasteiger partial charge in [-0.15, -0.1) is 0 Å². The summed E-state index contributed by atoms with van der Waals surface area (Å²) >= 11 is 0. The Morgan fingerprint density at radius 2 is 2.13 bits per heavy atom. The fourth-order valence-corrected chi connectivity index (χ4v) is 2.64. The summed E-state index contributed by atoms with van der Waals surface area (Å²) in [4.78, 5) is 4.21. The van der Waals surface area contributed by atoms with Crippen molar-refractivity contribution in [1.82, 2.24) is 10.3 Å². The third-order valence-corrected chi connectivity index (χ3v) is 3.71. The molecule has 0 bridgehead atoms. The largest absolute Gasteiger partial charge is 0.490 e. The minimum absolute atomic E-state index is 0.0670. The van der Waals surface area contributed by atoms with Crippen LogP contribution in [0.2, 0.25) is 0 Å². The molecule has 0 spiro atoms. The summed E-state index contributed by atoms with van der Waals surface area (Å²) in [6.45, 7) is 4.85. The monoisotopic (exact) mass is 314 g/mol. The Kier molecular flexibility index (Phi) is 5.45. The number of ether oxygens (including phenoxy) is 3. The van der Waals surface area contributed by atoms with E-state index < -0.39 is 0 Å². The molecule has 23 heavy (non-hydrogen) atoms. The van der Waals surface area contributed by atoms with E-state index in [-0.39, 0.29) is 12.2 Å². The predicted molar refractivity (Wildman–Crippen MR) is 87.8 cm³/mol. The zero-order valence-corrected chi connectivity index (χ0v) is 13.3. The highest BCUT2D eigenvalue weighted by molar-refractivity contribution is 5.40. The molecule has 1 aromatic heterocycles. The zero-order valence-electron chi connectivity index (χ0n) is 13.3. The molecule has 122 valence electrons. The van der Waals surface area contributed by atoms with E-state index in [1.165, 1.54) is 0 Å². The van der Waals surface area contributed by atoms with Crippen molar-refractivity contribution in [3.63, 3.8) is 0 Å². The van der Waals surface area contributed by atoms with Crippen LogP contribution in [0.5, 0.6) is 11.5 Å². The average molecular weight is 314 g/mol. The third kappa shape index (κ3) is 4.00. The molecule has 0 radical (unpaired) electrons. The van der Waals surface area contributed by atoms with Gasteiger partial charge in [0.05, 0.1) is 13.2 Å². The smallest absolute Gasteiger partial charge is 0.162 e. The molecular weight excluding hydrogens is 292 g/mol. The Bertz CT molecular complexity index is 600. The van der Waals surface area contributed by atoms with E-state index in [1.54, 1.807) is 6.20 Å². The van der Waals surface area contributed by atoms with Gasteiger partial charge in [-0.1, -0.05) is 18.2 Å². The Hall–Kier alpha value is -2.11. The Balaban J connectivity index is 1.86. The van der Waals surface area contributed by atoms with E-state index in [2.05, 4.69) is 10.3 Å². The van der Waals surface area contributed by atoms with Gasteiger partial charge in [0.25, 0.3) is 0 Å². The minimum Gasteiger partial charge on any atom is -0.490 e. The van der Waals surface area contributed by atoms with E-state index in [0.717, 1.165) is 30.2 Å². The molecule has 1 aliphatic heterocycles. The number of rotatable bonds is 6. The molecule has 2 aromatic rings. The second-order valence-electron chi connectivity index (χ2n) is 5.32. The SMILES string of the molecule is CCOc1ccccc1OC(c1cccnc1)C1CNCCO1. The molecular formula is C18H22N2O3. The number of pyridine rings is 1. The zero-order chi connectivity index (χ0) is 15.9. The van der Waals surface area contributed by atoms with E-state index in [9.17, 15) is 0 Å². The molecule has 3 rings (SSSR count). The maximum absolute atomic E-state index is 6.29. The Morgan fingerprint density at radius 3 is 2.83 bits per heavy atom. The molecule has 0 saturated carbocycles. The number of benzene rings is 1. The summed E-state index contributed by atoms with van der Waals surface area (Å²) in [5.41, 5.74) is 0.993. The summed E-state index contributed by atoms with van der Waals surface area (Å²) in [6, 6.07) is 11.6. The van der Waals surface area contributed by atoms with Gasteiger partial charge < -0.3 is 19.5 Å². The van der Waals surface area contributed by atoms with E-state index >= 15 is 0 Å². The molecule has 1 fully saturated rings. The first-order chi connectivity index (χ1) is 11.4. The first-order valence-electron chi connectivity index (χ1n) is 7.99. The topological polar surface area (TPSA) is 52.6 Å². The van der Waals surface area contributed by atoms with Gasteiger partial charge >= 0.3 is 0 Å². The van der Waals surface area contributed by atoms with Gasteiger partial charge in [0.15, 0.2) is 17.6 Å². The highest BCUT2D eigenvalue weighted by atomic mass is 16.6. The number of hydrogen-bond acceptors (Lipinski definition) is 5. The number of nitrogens with zero attached hydrogens (tertiary/aromatic N) is 1. The van der Waals surface area contributed by atoms with E-state index in [0.29, 0.717) is 13.2 Å². The van der Waals surface area contributed by atoms with Crippen molar-refractivity contribution in [2.24, 2.45) is 0 Å². The Morgan fingerprint density at radius 1 is 1.26 bits per heavy atom. The van der Waals surface area contributed by atoms with Crippen molar-refractivity contribution < 1.29 is 14.2 Å². The van der Waals surface area contributed by atoms with Gasteiger partial charge in [-0.3, -0.25) is 4.98 Å². The maximum Gasteiger partial charge on any atom is 0.162 e. The summed E-state index contributed by atoms with van der Waals surface area (Å²) < 4.78 is 17.9. The standard InChI is InChI=1S/C18H22N2O3/c1-2-21-15-7-3-4-8-16(15)23-18(14-6-5-9-19-12-14)17-13-20-10-11-22-17/h3-9,12,17-18,20H,2,10-11,13H2,1H3. The fraction of sp³-hybridized carbons (Fsp3) is 0.389. The molecule has 1 aliphatic rings. The Labute approximate surface area is 136 Å². The lowest BCUT2D eigenvalue weighted by atomic mass is 10.1. The normalized spacial score (nSPS) is 19.1. The first kappa shape index (κ1) is 15.8. The van der Waals surface area contributed by atoms with Crippen LogP contribution in [0, 0.1) is 0 Å². The molecule has 5 nitrogen and oxygen atoms in total. The second kappa shape index (κ2) is 7.94. The number of para-hydroxylation sites is 2. The minimum atomic E-state index is -0.238. The molecule has 0 amide bonds. The third-order valence-electron chi connectivity index (χ3n) is 3.71. The van der Waals surface area contributed by atoms with Gasteiger partial charge in [0, 0.05) is 31.0 Å². The van der Waals surface area contributed by atoms with Crippen molar-refractivity contribution in [1.29, 1.82) is 0 Å².